The molecule has 1 aromatic rings. The molecule has 0 aromatic heterocycles. The van der Waals surface area contributed by atoms with Crippen molar-refractivity contribution in [2.24, 2.45) is 11.8 Å². The van der Waals surface area contributed by atoms with E-state index in [9.17, 15) is 0 Å². The van der Waals surface area contributed by atoms with Crippen molar-refractivity contribution in [1.29, 1.82) is 0 Å². The van der Waals surface area contributed by atoms with Gasteiger partial charge in [-0.3, -0.25) is 11.3 Å². The van der Waals surface area contributed by atoms with Crippen LogP contribution in [0.4, 0.5) is 0 Å². The molecule has 0 heterocycles. The lowest BCUT2D eigenvalue weighted by Gasteiger charge is -2.26. The van der Waals surface area contributed by atoms with Crippen LogP contribution in [0.25, 0.3) is 0 Å². The van der Waals surface area contributed by atoms with Gasteiger partial charge >= 0.3 is 0 Å². The minimum atomic E-state index is 0.239. The Morgan fingerprint density at radius 3 is 2.80 bits per heavy atom. The Labute approximate surface area is 122 Å². The first-order valence-electron chi connectivity index (χ1n) is 8.02. The average molecular weight is 276 g/mol. The summed E-state index contributed by atoms with van der Waals surface area (Å²) in [6.07, 6.45) is 9.02. The highest BCUT2D eigenvalue weighted by Crippen LogP contribution is 2.32. The molecule has 0 amide bonds. The third-order valence-corrected chi connectivity index (χ3v) is 4.23. The molecule has 0 spiro atoms. The smallest absolute Gasteiger partial charge is 0.119 e. The van der Waals surface area contributed by atoms with E-state index in [1.54, 1.807) is 0 Å². The lowest BCUT2D eigenvalue weighted by molar-refractivity contribution is 0.298. The second-order valence-corrected chi connectivity index (χ2v) is 5.88. The quantitative estimate of drug-likeness (QED) is 0.585. The molecule has 20 heavy (non-hydrogen) atoms. The molecule has 112 valence electrons. The van der Waals surface area contributed by atoms with Gasteiger partial charge in [-0.05, 0) is 36.5 Å². The number of nitrogens with one attached hydrogen (secondary N) is 1. The second kappa shape index (κ2) is 8.28. The third-order valence-electron chi connectivity index (χ3n) is 4.23. The molecule has 0 saturated heterocycles. The van der Waals surface area contributed by atoms with Crippen LogP contribution in [0.15, 0.2) is 24.3 Å². The topological polar surface area (TPSA) is 47.3 Å². The van der Waals surface area contributed by atoms with Crippen LogP contribution >= 0.6 is 0 Å². The molecule has 3 heteroatoms. The predicted octanol–water partition coefficient (Wildman–Crippen LogP) is 3.95. The van der Waals surface area contributed by atoms with E-state index in [1.165, 1.54) is 37.7 Å². The summed E-state index contributed by atoms with van der Waals surface area (Å²) in [5.74, 6) is 7.54. The minimum Gasteiger partial charge on any atom is -0.494 e. The monoisotopic (exact) mass is 276 g/mol. The number of hydrogen-bond acceptors (Lipinski definition) is 3. The first kappa shape index (κ1) is 15.3. The first-order valence-corrected chi connectivity index (χ1v) is 8.02. The number of hydrogen-bond donors (Lipinski definition) is 2. The molecule has 2 rings (SSSR count). The van der Waals surface area contributed by atoms with Crippen molar-refractivity contribution in [3.8, 4) is 5.75 Å². The fraction of sp³-hybridized carbons (Fsp3) is 0.647. The molecule has 1 unspecified atom stereocenters. The summed E-state index contributed by atoms with van der Waals surface area (Å²) in [6.45, 7) is 2.89. The van der Waals surface area contributed by atoms with Crippen LogP contribution in [-0.4, -0.2) is 6.61 Å². The lowest BCUT2D eigenvalue weighted by Crippen LogP contribution is -2.30. The van der Waals surface area contributed by atoms with E-state index in [-0.39, 0.29) is 6.04 Å². The van der Waals surface area contributed by atoms with Crippen molar-refractivity contribution in [2.75, 3.05) is 6.61 Å². The summed E-state index contributed by atoms with van der Waals surface area (Å²) in [7, 11) is 0. The van der Waals surface area contributed by atoms with E-state index in [0.717, 1.165) is 31.1 Å². The van der Waals surface area contributed by atoms with Gasteiger partial charge in [0, 0.05) is 6.04 Å². The molecule has 1 fully saturated rings. The van der Waals surface area contributed by atoms with Gasteiger partial charge in [-0.15, -0.1) is 0 Å². The van der Waals surface area contributed by atoms with E-state index in [4.69, 9.17) is 10.6 Å². The molecule has 0 aliphatic heterocycles. The Kier molecular flexibility index (Phi) is 6.34. The molecule has 1 atom stereocenters. The highest BCUT2D eigenvalue weighted by molar-refractivity contribution is 5.30. The maximum absolute atomic E-state index is 5.78. The molecule has 0 bridgehead atoms. The Bertz CT molecular complexity index is 388. The van der Waals surface area contributed by atoms with Crippen molar-refractivity contribution >= 4 is 0 Å². The molecule has 1 saturated carbocycles. The highest BCUT2D eigenvalue weighted by atomic mass is 16.5. The second-order valence-electron chi connectivity index (χ2n) is 5.88. The van der Waals surface area contributed by atoms with Gasteiger partial charge in [-0.25, -0.2) is 0 Å². The van der Waals surface area contributed by atoms with E-state index in [1.807, 2.05) is 6.07 Å². The van der Waals surface area contributed by atoms with Crippen LogP contribution in [0.3, 0.4) is 0 Å². The Hall–Kier alpha value is -1.06. The summed E-state index contributed by atoms with van der Waals surface area (Å²) in [6, 6.07) is 8.59. The van der Waals surface area contributed by atoms with Gasteiger partial charge in [-0.1, -0.05) is 51.2 Å². The fourth-order valence-electron chi connectivity index (χ4n) is 3.10. The highest BCUT2D eigenvalue weighted by Gasteiger charge is 2.19. The Morgan fingerprint density at radius 1 is 1.30 bits per heavy atom. The van der Waals surface area contributed by atoms with E-state index in [2.05, 4.69) is 30.5 Å². The van der Waals surface area contributed by atoms with E-state index >= 15 is 0 Å². The maximum atomic E-state index is 5.78. The van der Waals surface area contributed by atoms with Crippen LogP contribution in [0.1, 0.15) is 63.5 Å². The van der Waals surface area contributed by atoms with Crippen LogP contribution in [0.2, 0.25) is 0 Å². The molecule has 1 aliphatic rings. The van der Waals surface area contributed by atoms with Crippen LogP contribution in [0.5, 0.6) is 5.75 Å². The largest absolute Gasteiger partial charge is 0.494 e. The number of nitrogens with two attached hydrogens (primary N) is 1. The minimum absolute atomic E-state index is 0.239. The van der Waals surface area contributed by atoms with Gasteiger partial charge in [0.05, 0.1) is 6.61 Å². The molecule has 1 aromatic carbocycles. The van der Waals surface area contributed by atoms with Crippen molar-refractivity contribution in [3.63, 3.8) is 0 Å². The zero-order valence-electron chi connectivity index (χ0n) is 12.6. The van der Waals surface area contributed by atoms with E-state index in [0.29, 0.717) is 0 Å². The third kappa shape index (κ3) is 4.50. The SMILES string of the molecule is CCCOc1cccc(C(CC2CCCCC2)NN)c1. The average Bonchev–Trinajstić information content (AvgIpc) is 2.52. The summed E-state index contributed by atoms with van der Waals surface area (Å²) in [5, 5.41) is 0. The van der Waals surface area contributed by atoms with Crippen LogP contribution in [-0.2, 0) is 0 Å². The zero-order valence-corrected chi connectivity index (χ0v) is 12.6. The standard InChI is InChI=1S/C17H28N2O/c1-2-11-20-16-10-6-9-15(13-16)17(19-18)12-14-7-4-3-5-8-14/h6,9-10,13-14,17,19H,2-5,7-8,11-12,18H2,1H3. The van der Waals surface area contributed by atoms with Gasteiger partial charge < -0.3 is 4.74 Å². The number of ether oxygens (including phenoxy) is 1. The molecule has 3 nitrogen and oxygen atoms in total. The van der Waals surface area contributed by atoms with Gasteiger partial charge in [0.15, 0.2) is 0 Å². The fourth-order valence-corrected chi connectivity index (χ4v) is 3.10. The number of hydrazine groups is 1. The van der Waals surface area contributed by atoms with Crippen LogP contribution < -0.4 is 16.0 Å². The van der Waals surface area contributed by atoms with Gasteiger partial charge in [0.1, 0.15) is 5.75 Å². The molecular weight excluding hydrogens is 248 g/mol. The number of benzene rings is 1. The summed E-state index contributed by atoms with van der Waals surface area (Å²) < 4.78 is 5.71. The van der Waals surface area contributed by atoms with Crippen LogP contribution in [0, 0.1) is 5.92 Å². The zero-order chi connectivity index (χ0) is 14.2. The maximum Gasteiger partial charge on any atom is 0.119 e. The molecule has 0 radical (unpaired) electrons. The summed E-state index contributed by atoms with van der Waals surface area (Å²) in [4.78, 5) is 0. The molecular formula is C17H28N2O. The molecule has 3 N–H and O–H groups in total. The van der Waals surface area contributed by atoms with Crippen molar-refractivity contribution in [1.82, 2.24) is 5.43 Å². The van der Waals surface area contributed by atoms with Crippen molar-refractivity contribution in [2.45, 2.75) is 57.9 Å². The predicted molar refractivity (Wildman–Crippen MR) is 83.5 cm³/mol. The summed E-state index contributed by atoms with van der Waals surface area (Å²) in [5.41, 5.74) is 4.24. The summed E-state index contributed by atoms with van der Waals surface area (Å²) >= 11 is 0. The lowest BCUT2D eigenvalue weighted by atomic mass is 9.83. The van der Waals surface area contributed by atoms with Gasteiger partial charge in [0.2, 0.25) is 0 Å². The normalized spacial score (nSPS) is 17.9. The Morgan fingerprint density at radius 2 is 2.10 bits per heavy atom. The van der Waals surface area contributed by atoms with Gasteiger partial charge in [-0.2, -0.15) is 0 Å². The molecule has 1 aliphatic carbocycles. The van der Waals surface area contributed by atoms with Gasteiger partial charge in [0.25, 0.3) is 0 Å². The van der Waals surface area contributed by atoms with Crippen molar-refractivity contribution < 1.29 is 4.74 Å². The Balaban J connectivity index is 1.98. The van der Waals surface area contributed by atoms with Crippen molar-refractivity contribution in [3.05, 3.63) is 29.8 Å². The van der Waals surface area contributed by atoms with E-state index < -0.39 is 0 Å². The number of rotatable bonds is 7. The first-order chi connectivity index (χ1) is 9.83.